The highest BCUT2D eigenvalue weighted by atomic mass is 19.1. The highest BCUT2D eigenvalue weighted by Crippen LogP contribution is 2.27. The Kier molecular flexibility index (Phi) is 3.46. The third kappa shape index (κ3) is 2.54. The first-order valence-electron chi connectivity index (χ1n) is 5.56. The number of nitrogens with zero attached hydrogens (tertiary/aromatic N) is 1. The summed E-state index contributed by atoms with van der Waals surface area (Å²) in [7, 11) is 1.34. The average Bonchev–Trinajstić information content (AvgIpc) is 2.40. The Morgan fingerprint density at radius 3 is 2.74 bits per heavy atom. The largest absolute Gasteiger partial charge is 0.480 e. The number of methoxy groups -OCH3 is 1. The average molecular weight is 261 g/mol. The van der Waals surface area contributed by atoms with Crippen molar-refractivity contribution < 1.29 is 19.0 Å². The van der Waals surface area contributed by atoms with Crippen molar-refractivity contribution in [2.24, 2.45) is 0 Å². The highest BCUT2D eigenvalue weighted by molar-refractivity contribution is 5.91. The van der Waals surface area contributed by atoms with Crippen LogP contribution in [-0.4, -0.2) is 23.2 Å². The number of halogens is 1. The van der Waals surface area contributed by atoms with E-state index in [1.54, 1.807) is 12.1 Å². The van der Waals surface area contributed by atoms with E-state index in [1.807, 2.05) is 6.92 Å². The van der Waals surface area contributed by atoms with Crippen LogP contribution in [0.15, 0.2) is 30.5 Å². The Morgan fingerprint density at radius 2 is 2.11 bits per heavy atom. The van der Waals surface area contributed by atoms with Gasteiger partial charge in [-0.2, -0.15) is 0 Å². The molecule has 2 aromatic rings. The summed E-state index contributed by atoms with van der Waals surface area (Å²) >= 11 is 0. The molecule has 0 aliphatic heterocycles. The van der Waals surface area contributed by atoms with Crippen LogP contribution in [0.25, 0.3) is 11.1 Å². The number of hydrogen-bond donors (Lipinski definition) is 1. The number of carbonyl (C=O) groups is 1. The van der Waals surface area contributed by atoms with Gasteiger partial charge in [-0.25, -0.2) is 14.2 Å². The highest BCUT2D eigenvalue weighted by Gasteiger charge is 2.15. The smallest absolute Gasteiger partial charge is 0.341 e. The summed E-state index contributed by atoms with van der Waals surface area (Å²) in [6.45, 7) is 1.83. The van der Waals surface area contributed by atoms with Gasteiger partial charge in [0.05, 0.1) is 7.11 Å². The minimum atomic E-state index is -1.17. The minimum Gasteiger partial charge on any atom is -0.480 e. The van der Waals surface area contributed by atoms with Gasteiger partial charge in [-0.3, -0.25) is 0 Å². The molecule has 0 aliphatic carbocycles. The van der Waals surface area contributed by atoms with E-state index in [4.69, 9.17) is 9.84 Å². The first-order chi connectivity index (χ1) is 9.02. The molecule has 0 bridgehead atoms. The van der Waals surface area contributed by atoms with E-state index >= 15 is 0 Å². The molecule has 1 aromatic heterocycles. The van der Waals surface area contributed by atoms with Gasteiger partial charge in [0.1, 0.15) is 11.4 Å². The summed E-state index contributed by atoms with van der Waals surface area (Å²) in [5, 5.41) is 9.08. The van der Waals surface area contributed by atoms with E-state index < -0.39 is 11.8 Å². The molecule has 1 aromatic carbocycles. The summed E-state index contributed by atoms with van der Waals surface area (Å²) in [6.07, 6.45) is 1.39. The first-order valence-corrected chi connectivity index (χ1v) is 5.56. The Labute approximate surface area is 109 Å². The quantitative estimate of drug-likeness (QED) is 0.922. The lowest BCUT2D eigenvalue weighted by atomic mass is 10.0. The zero-order valence-corrected chi connectivity index (χ0v) is 10.5. The van der Waals surface area contributed by atoms with Gasteiger partial charge in [-0.1, -0.05) is 11.6 Å². The van der Waals surface area contributed by atoms with E-state index in [0.717, 1.165) is 5.56 Å². The van der Waals surface area contributed by atoms with Crippen LogP contribution in [-0.2, 0) is 0 Å². The van der Waals surface area contributed by atoms with Crippen LogP contribution in [0.1, 0.15) is 15.9 Å². The third-order valence-electron chi connectivity index (χ3n) is 2.71. The summed E-state index contributed by atoms with van der Waals surface area (Å²) < 4.78 is 18.6. The van der Waals surface area contributed by atoms with Gasteiger partial charge in [-0.15, -0.1) is 0 Å². The number of aromatic carboxylic acids is 1. The van der Waals surface area contributed by atoms with Crippen molar-refractivity contribution in [1.29, 1.82) is 0 Å². The summed E-state index contributed by atoms with van der Waals surface area (Å²) in [4.78, 5) is 15.0. The van der Waals surface area contributed by atoms with E-state index in [2.05, 4.69) is 4.98 Å². The number of pyridine rings is 1. The monoisotopic (exact) mass is 261 g/mol. The zero-order valence-electron chi connectivity index (χ0n) is 10.5. The van der Waals surface area contributed by atoms with Gasteiger partial charge >= 0.3 is 5.97 Å². The molecule has 0 radical (unpaired) electrons. The van der Waals surface area contributed by atoms with Gasteiger partial charge in [0, 0.05) is 17.3 Å². The zero-order chi connectivity index (χ0) is 14.0. The fourth-order valence-electron chi connectivity index (χ4n) is 1.78. The molecule has 0 spiro atoms. The van der Waals surface area contributed by atoms with E-state index in [-0.39, 0.29) is 11.4 Å². The van der Waals surface area contributed by atoms with Gasteiger partial charge in [0.2, 0.25) is 5.88 Å². The molecule has 0 atom stereocenters. The van der Waals surface area contributed by atoms with Crippen LogP contribution in [0.4, 0.5) is 4.39 Å². The maximum atomic E-state index is 13.8. The van der Waals surface area contributed by atoms with Crippen molar-refractivity contribution in [3.05, 3.63) is 47.4 Å². The number of aryl methyl sites for hydroxylation is 1. The molecule has 0 unspecified atom stereocenters. The number of carboxylic acid groups (broad SMARTS) is 1. The van der Waals surface area contributed by atoms with Crippen LogP contribution in [0.5, 0.6) is 5.88 Å². The van der Waals surface area contributed by atoms with Crippen molar-refractivity contribution in [1.82, 2.24) is 4.98 Å². The standard InChI is InChI=1S/C14H12FNO3/c1-8-3-4-12(15)10(5-8)9-6-11(14(17)18)13(19-2)16-7-9/h3-7H,1-2H3,(H,17,18). The van der Waals surface area contributed by atoms with Crippen LogP contribution < -0.4 is 4.74 Å². The van der Waals surface area contributed by atoms with E-state index in [9.17, 15) is 9.18 Å². The Morgan fingerprint density at radius 1 is 1.37 bits per heavy atom. The number of ether oxygens (including phenoxy) is 1. The molecule has 0 saturated carbocycles. The topological polar surface area (TPSA) is 59.4 Å². The first kappa shape index (κ1) is 13.0. The lowest BCUT2D eigenvalue weighted by Gasteiger charge is -2.08. The Bertz CT molecular complexity index is 641. The second kappa shape index (κ2) is 5.06. The normalized spacial score (nSPS) is 10.3. The molecule has 5 heteroatoms. The van der Waals surface area contributed by atoms with E-state index in [1.165, 1.54) is 25.4 Å². The fraction of sp³-hybridized carbons (Fsp3) is 0.143. The maximum Gasteiger partial charge on any atom is 0.341 e. The van der Waals surface area contributed by atoms with Gasteiger partial charge in [0.25, 0.3) is 0 Å². The lowest BCUT2D eigenvalue weighted by Crippen LogP contribution is -2.03. The molecule has 1 heterocycles. The molecule has 0 aliphatic rings. The van der Waals surface area contributed by atoms with Gasteiger partial charge in [-0.05, 0) is 25.1 Å². The third-order valence-corrected chi connectivity index (χ3v) is 2.71. The second-order valence-electron chi connectivity index (χ2n) is 4.07. The molecule has 0 saturated heterocycles. The van der Waals surface area contributed by atoms with E-state index in [0.29, 0.717) is 11.1 Å². The summed E-state index contributed by atoms with van der Waals surface area (Å²) in [6, 6.07) is 5.99. The lowest BCUT2D eigenvalue weighted by molar-refractivity contribution is 0.0692. The molecule has 1 N–H and O–H groups in total. The molecule has 0 fully saturated rings. The molecule has 98 valence electrons. The molecular weight excluding hydrogens is 249 g/mol. The molecule has 19 heavy (non-hydrogen) atoms. The fourth-order valence-corrected chi connectivity index (χ4v) is 1.78. The van der Waals surface area contributed by atoms with Crippen molar-refractivity contribution in [3.8, 4) is 17.0 Å². The van der Waals surface area contributed by atoms with Crippen molar-refractivity contribution in [3.63, 3.8) is 0 Å². The SMILES string of the molecule is COc1ncc(-c2cc(C)ccc2F)cc1C(=O)O. The van der Waals surface area contributed by atoms with Gasteiger partial charge in [0.15, 0.2) is 0 Å². The van der Waals surface area contributed by atoms with Crippen molar-refractivity contribution >= 4 is 5.97 Å². The predicted octanol–water partition coefficient (Wildman–Crippen LogP) is 2.90. The van der Waals surface area contributed by atoms with Crippen LogP contribution >= 0.6 is 0 Å². The summed E-state index contributed by atoms with van der Waals surface area (Å²) in [5.41, 5.74) is 1.50. The minimum absolute atomic E-state index is 0.00399. The molecule has 4 nitrogen and oxygen atoms in total. The Hall–Kier alpha value is -2.43. The number of carboxylic acids is 1. The predicted molar refractivity (Wildman–Crippen MR) is 67.9 cm³/mol. The van der Waals surface area contributed by atoms with Crippen LogP contribution in [0.3, 0.4) is 0 Å². The Balaban J connectivity index is 2.60. The van der Waals surface area contributed by atoms with Gasteiger partial charge < -0.3 is 9.84 Å². The molecule has 2 rings (SSSR count). The maximum absolute atomic E-state index is 13.8. The number of rotatable bonds is 3. The van der Waals surface area contributed by atoms with Crippen LogP contribution in [0.2, 0.25) is 0 Å². The molecular formula is C14H12FNO3. The number of benzene rings is 1. The van der Waals surface area contributed by atoms with Crippen molar-refractivity contribution in [2.45, 2.75) is 6.92 Å². The molecule has 0 amide bonds. The van der Waals surface area contributed by atoms with Crippen LogP contribution in [0, 0.1) is 12.7 Å². The summed E-state index contributed by atoms with van der Waals surface area (Å²) in [5.74, 6) is -1.59. The van der Waals surface area contributed by atoms with Crippen molar-refractivity contribution in [2.75, 3.05) is 7.11 Å². The second-order valence-corrected chi connectivity index (χ2v) is 4.07. The number of aromatic nitrogens is 1. The number of hydrogen-bond acceptors (Lipinski definition) is 3.